The zero-order valence-corrected chi connectivity index (χ0v) is 12.7. The van der Waals surface area contributed by atoms with Crippen LogP contribution >= 0.6 is 0 Å². The van der Waals surface area contributed by atoms with Gasteiger partial charge in [0.15, 0.2) is 12.4 Å². The van der Waals surface area contributed by atoms with Crippen molar-refractivity contribution in [2.75, 3.05) is 19.0 Å². The van der Waals surface area contributed by atoms with E-state index in [4.69, 9.17) is 9.47 Å². The van der Waals surface area contributed by atoms with Crippen molar-refractivity contribution in [1.29, 1.82) is 0 Å². The summed E-state index contributed by atoms with van der Waals surface area (Å²) < 4.78 is 9.72. The van der Waals surface area contributed by atoms with Gasteiger partial charge in [-0.2, -0.15) is 0 Å². The van der Waals surface area contributed by atoms with E-state index >= 15 is 0 Å². The van der Waals surface area contributed by atoms with E-state index in [1.165, 1.54) is 19.2 Å². The highest BCUT2D eigenvalue weighted by molar-refractivity contribution is 5.94. The number of rotatable bonds is 7. The summed E-state index contributed by atoms with van der Waals surface area (Å²) in [5.74, 6) is -0.937. The largest absolute Gasteiger partial charge is 0.490 e. The summed E-state index contributed by atoms with van der Waals surface area (Å²) in [6.45, 7) is 3.04. The fraction of sp³-hybridized carbons (Fsp3) is 0.429. The lowest BCUT2D eigenvalue weighted by atomic mass is 10.1. The first-order valence-corrected chi connectivity index (χ1v) is 6.67. The van der Waals surface area contributed by atoms with Gasteiger partial charge < -0.3 is 14.8 Å². The quantitative estimate of drug-likeness (QED) is 0.470. The van der Waals surface area contributed by atoms with Crippen molar-refractivity contribution in [2.45, 2.75) is 26.7 Å². The van der Waals surface area contributed by atoms with E-state index < -0.39 is 23.4 Å². The van der Waals surface area contributed by atoms with Crippen molar-refractivity contribution in [1.82, 2.24) is 0 Å². The van der Waals surface area contributed by atoms with Gasteiger partial charge in [0.05, 0.1) is 12.0 Å². The van der Waals surface area contributed by atoms with E-state index in [1.807, 2.05) is 6.92 Å². The number of aryl methyl sites for hydroxylation is 1. The molecule has 0 bridgehead atoms. The standard InChI is InChI=1S/C14H18N2O6/c1-4-5-14(18)22-8-13(17)15-10-7-12(21-3)11(16(19)20)6-9(10)2/h6-7H,4-5,8H2,1-3H3,(H,15,17). The molecule has 0 radical (unpaired) electrons. The molecule has 1 aromatic rings. The summed E-state index contributed by atoms with van der Waals surface area (Å²) in [6.07, 6.45) is 0.886. The summed E-state index contributed by atoms with van der Waals surface area (Å²) in [4.78, 5) is 33.2. The Morgan fingerprint density at radius 1 is 1.36 bits per heavy atom. The van der Waals surface area contributed by atoms with Crippen LogP contribution in [0.3, 0.4) is 0 Å². The molecule has 1 aromatic carbocycles. The van der Waals surface area contributed by atoms with Gasteiger partial charge >= 0.3 is 11.7 Å². The third-order valence-corrected chi connectivity index (χ3v) is 2.82. The number of hydrogen-bond donors (Lipinski definition) is 1. The number of amides is 1. The number of nitrogens with one attached hydrogen (secondary N) is 1. The van der Waals surface area contributed by atoms with Crippen molar-refractivity contribution in [2.24, 2.45) is 0 Å². The highest BCUT2D eigenvalue weighted by Crippen LogP contribution is 2.32. The molecule has 0 fully saturated rings. The lowest BCUT2D eigenvalue weighted by Crippen LogP contribution is -2.21. The van der Waals surface area contributed by atoms with E-state index in [2.05, 4.69) is 5.32 Å². The lowest BCUT2D eigenvalue weighted by Gasteiger charge is -2.11. The zero-order valence-electron chi connectivity index (χ0n) is 12.7. The topological polar surface area (TPSA) is 108 Å². The van der Waals surface area contributed by atoms with Gasteiger partial charge in [0.2, 0.25) is 0 Å². The van der Waals surface area contributed by atoms with Crippen LogP contribution in [-0.2, 0) is 14.3 Å². The lowest BCUT2D eigenvalue weighted by molar-refractivity contribution is -0.385. The predicted octanol–water partition coefficient (Wildman–Crippen LogP) is 2.19. The first kappa shape index (κ1) is 17.4. The number of benzene rings is 1. The van der Waals surface area contributed by atoms with Crippen LogP contribution in [0.15, 0.2) is 12.1 Å². The number of nitro benzene ring substituents is 1. The van der Waals surface area contributed by atoms with Gasteiger partial charge in [-0.15, -0.1) is 0 Å². The van der Waals surface area contributed by atoms with Crippen LogP contribution in [0.25, 0.3) is 0 Å². The minimum atomic E-state index is -0.566. The van der Waals surface area contributed by atoms with E-state index in [1.54, 1.807) is 6.92 Å². The molecule has 0 atom stereocenters. The molecule has 8 nitrogen and oxygen atoms in total. The van der Waals surface area contributed by atoms with Crippen LogP contribution in [0.2, 0.25) is 0 Å². The minimum Gasteiger partial charge on any atom is -0.490 e. The first-order chi connectivity index (χ1) is 10.4. The number of esters is 1. The monoisotopic (exact) mass is 310 g/mol. The van der Waals surface area contributed by atoms with Gasteiger partial charge in [0.1, 0.15) is 0 Å². The Morgan fingerprint density at radius 2 is 2.05 bits per heavy atom. The Balaban J connectivity index is 2.79. The highest BCUT2D eigenvalue weighted by Gasteiger charge is 2.18. The molecule has 22 heavy (non-hydrogen) atoms. The Hall–Kier alpha value is -2.64. The summed E-state index contributed by atoms with van der Waals surface area (Å²) >= 11 is 0. The van der Waals surface area contributed by atoms with Gasteiger partial charge in [-0.05, 0) is 18.9 Å². The number of nitro groups is 1. The molecule has 0 aliphatic carbocycles. The molecule has 0 aliphatic heterocycles. The van der Waals surface area contributed by atoms with E-state index in [9.17, 15) is 19.7 Å². The maximum atomic E-state index is 11.7. The van der Waals surface area contributed by atoms with Crippen molar-refractivity contribution in [3.05, 3.63) is 27.8 Å². The van der Waals surface area contributed by atoms with Crippen molar-refractivity contribution in [3.63, 3.8) is 0 Å². The SMILES string of the molecule is CCCC(=O)OCC(=O)Nc1cc(OC)c([N+](=O)[O-])cc1C. The number of methoxy groups -OCH3 is 1. The zero-order chi connectivity index (χ0) is 16.7. The summed E-state index contributed by atoms with van der Waals surface area (Å²) in [5, 5.41) is 13.4. The second-order valence-corrected chi connectivity index (χ2v) is 4.55. The average Bonchev–Trinajstić information content (AvgIpc) is 2.47. The fourth-order valence-electron chi connectivity index (χ4n) is 1.72. The van der Waals surface area contributed by atoms with Crippen LogP contribution in [0.4, 0.5) is 11.4 Å². The number of ether oxygens (including phenoxy) is 2. The Bertz CT molecular complexity index is 585. The molecular weight excluding hydrogens is 292 g/mol. The maximum absolute atomic E-state index is 11.7. The predicted molar refractivity (Wildman–Crippen MR) is 78.9 cm³/mol. The van der Waals surface area contributed by atoms with Gasteiger partial charge in [-0.25, -0.2) is 0 Å². The third kappa shape index (κ3) is 4.72. The maximum Gasteiger partial charge on any atom is 0.311 e. The third-order valence-electron chi connectivity index (χ3n) is 2.82. The van der Waals surface area contributed by atoms with Gasteiger partial charge in [0, 0.05) is 24.2 Å². The number of anilines is 1. The molecule has 120 valence electrons. The summed E-state index contributed by atoms with van der Waals surface area (Å²) in [7, 11) is 1.30. The van der Waals surface area contributed by atoms with Crippen LogP contribution in [0.5, 0.6) is 5.75 Å². The molecule has 1 rings (SSSR count). The molecule has 0 spiro atoms. The molecule has 0 aromatic heterocycles. The van der Waals surface area contributed by atoms with Gasteiger partial charge in [0.25, 0.3) is 5.91 Å². The van der Waals surface area contributed by atoms with Crippen molar-refractivity contribution >= 4 is 23.3 Å². The number of carbonyl (C=O) groups excluding carboxylic acids is 2. The average molecular weight is 310 g/mol. The second kappa shape index (κ2) is 7.96. The summed E-state index contributed by atoms with van der Waals surface area (Å²) in [6, 6.07) is 2.66. The molecule has 0 heterocycles. The van der Waals surface area contributed by atoms with Crippen molar-refractivity contribution in [3.8, 4) is 5.75 Å². The molecule has 0 unspecified atom stereocenters. The first-order valence-electron chi connectivity index (χ1n) is 6.67. The minimum absolute atomic E-state index is 0.0360. The molecule has 0 saturated heterocycles. The number of hydrogen-bond acceptors (Lipinski definition) is 6. The highest BCUT2D eigenvalue weighted by atomic mass is 16.6. The Kier molecular flexibility index (Phi) is 6.30. The smallest absolute Gasteiger partial charge is 0.311 e. The Labute approximate surface area is 127 Å². The Morgan fingerprint density at radius 3 is 2.59 bits per heavy atom. The molecule has 1 N–H and O–H groups in total. The molecule has 8 heteroatoms. The van der Waals surface area contributed by atoms with E-state index in [0.717, 1.165) is 0 Å². The van der Waals surface area contributed by atoms with E-state index in [-0.39, 0.29) is 17.9 Å². The number of nitrogens with zero attached hydrogens (tertiary/aromatic N) is 1. The molecule has 0 aliphatic rings. The van der Waals surface area contributed by atoms with Crippen LogP contribution < -0.4 is 10.1 Å². The van der Waals surface area contributed by atoms with Crippen LogP contribution in [-0.4, -0.2) is 30.5 Å². The van der Waals surface area contributed by atoms with Crippen LogP contribution in [0, 0.1) is 17.0 Å². The van der Waals surface area contributed by atoms with Gasteiger partial charge in [-0.1, -0.05) is 6.92 Å². The second-order valence-electron chi connectivity index (χ2n) is 4.55. The van der Waals surface area contributed by atoms with Gasteiger partial charge in [-0.3, -0.25) is 19.7 Å². The number of carbonyl (C=O) groups is 2. The molecule has 0 saturated carbocycles. The van der Waals surface area contributed by atoms with Crippen molar-refractivity contribution < 1.29 is 24.0 Å². The van der Waals surface area contributed by atoms with E-state index in [0.29, 0.717) is 17.7 Å². The molecular formula is C14H18N2O6. The fourth-order valence-corrected chi connectivity index (χ4v) is 1.72. The normalized spacial score (nSPS) is 9.95. The summed E-state index contributed by atoms with van der Waals surface area (Å²) in [5.41, 5.74) is 0.673. The van der Waals surface area contributed by atoms with Crippen LogP contribution in [0.1, 0.15) is 25.3 Å². The molecule has 1 amide bonds.